The van der Waals surface area contributed by atoms with E-state index in [2.05, 4.69) is 33.9 Å². The Morgan fingerprint density at radius 2 is 1.86 bits per heavy atom. The summed E-state index contributed by atoms with van der Waals surface area (Å²) in [4.78, 5) is 11.5. The van der Waals surface area contributed by atoms with Crippen LogP contribution in [0, 0.1) is 5.92 Å². The number of carbonyl (C=O) groups excluding carboxylic acids is 1. The quantitative estimate of drug-likeness (QED) is 0.733. The highest BCUT2D eigenvalue weighted by atomic mass is 79.9. The molecule has 1 aromatic rings. The van der Waals surface area contributed by atoms with Gasteiger partial charge in [-0.15, -0.1) is 0 Å². The van der Waals surface area contributed by atoms with Crippen LogP contribution in [0.2, 0.25) is 0 Å². The molecule has 5 nitrogen and oxygen atoms in total. The first kappa shape index (κ1) is 17.8. The number of hydrogen-bond donors (Lipinski definition) is 2. The van der Waals surface area contributed by atoms with Crippen molar-refractivity contribution in [2.24, 2.45) is 5.92 Å². The number of benzene rings is 1. The minimum atomic E-state index is -3.43. The summed E-state index contributed by atoms with van der Waals surface area (Å²) in [5.74, 6) is 0.407. The van der Waals surface area contributed by atoms with Gasteiger partial charge in [-0.3, -0.25) is 4.79 Å². The topological polar surface area (TPSA) is 66.5 Å². The summed E-state index contributed by atoms with van der Waals surface area (Å²) < 4.78 is 27.5. The predicted octanol–water partition coefficient (Wildman–Crippen LogP) is 1.90. The lowest BCUT2D eigenvalue weighted by Gasteiger charge is -2.31. The number of carbonyl (C=O) groups is 1. The van der Waals surface area contributed by atoms with E-state index in [1.165, 1.54) is 4.31 Å². The minimum absolute atomic E-state index is 0.0896. The summed E-state index contributed by atoms with van der Waals surface area (Å²) in [6, 6.07) is 6.68. The Hall–Kier alpha value is -0.570. The summed E-state index contributed by atoms with van der Waals surface area (Å²) in [5, 5.41) is 2.81. The number of sulfonamides is 1. The highest BCUT2D eigenvalue weighted by molar-refractivity contribution is 9.10. The molecule has 1 aliphatic rings. The van der Waals surface area contributed by atoms with Crippen LogP contribution in [0.15, 0.2) is 33.6 Å². The zero-order valence-electron chi connectivity index (χ0n) is 12.0. The van der Waals surface area contributed by atoms with E-state index in [0.29, 0.717) is 30.4 Å². The van der Waals surface area contributed by atoms with E-state index in [4.69, 9.17) is 0 Å². The molecule has 1 aliphatic heterocycles. The third-order valence-electron chi connectivity index (χ3n) is 3.76. The summed E-state index contributed by atoms with van der Waals surface area (Å²) in [5.41, 5.74) is 0. The molecule has 1 heterocycles. The largest absolute Gasteiger partial charge is 0.355 e. The lowest BCUT2D eigenvalue weighted by molar-refractivity contribution is -0.118. The van der Waals surface area contributed by atoms with Gasteiger partial charge in [0.15, 0.2) is 0 Å². The zero-order valence-corrected chi connectivity index (χ0v) is 15.3. The second-order valence-electron chi connectivity index (χ2n) is 5.26. The van der Waals surface area contributed by atoms with E-state index in [1.54, 1.807) is 24.3 Å². The van der Waals surface area contributed by atoms with Gasteiger partial charge in [0.1, 0.15) is 0 Å². The molecule has 1 N–H and O–H groups in total. The molecule has 2 rings (SSSR count). The molecule has 0 aliphatic carbocycles. The normalized spacial score (nSPS) is 17.4. The molecule has 0 aromatic heterocycles. The number of amides is 1. The van der Waals surface area contributed by atoms with Crippen molar-refractivity contribution in [3.63, 3.8) is 0 Å². The molecule has 1 amide bonds. The van der Waals surface area contributed by atoms with Gasteiger partial charge in [0.25, 0.3) is 0 Å². The number of halogens is 1. The fourth-order valence-electron chi connectivity index (χ4n) is 2.42. The monoisotopic (exact) mass is 406 g/mol. The number of rotatable bonds is 5. The third kappa shape index (κ3) is 4.47. The van der Waals surface area contributed by atoms with Crippen LogP contribution in [-0.4, -0.2) is 44.0 Å². The van der Waals surface area contributed by atoms with Crippen molar-refractivity contribution in [1.29, 1.82) is 0 Å². The molecule has 1 aromatic carbocycles. The lowest BCUT2D eigenvalue weighted by atomic mass is 9.98. The van der Waals surface area contributed by atoms with Crippen LogP contribution < -0.4 is 5.32 Å². The van der Waals surface area contributed by atoms with Crippen LogP contribution in [0.1, 0.15) is 12.8 Å². The Bertz CT molecular complexity index is 611. The van der Waals surface area contributed by atoms with Gasteiger partial charge >= 0.3 is 0 Å². The minimum Gasteiger partial charge on any atom is -0.355 e. The molecule has 0 saturated carbocycles. The molecule has 22 heavy (non-hydrogen) atoms. The maximum absolute atomic E-state index is 12.5. The van der Waals surface area contributed by atoms with Gasteiger partial charge in [0.05, 0.1) is 10.6 Å². The number of nitrogens with one attached hydrogen (secondary N) is 1. The molecule has 0 spiro atoms. The molecule has 0 unspecified atom stereocenters. The lowest BCUT2D eigenvalue weighted by Crippen LogP contribution is -2.41. The Morgan fingerprint density at radius 3 is 2.41 bits per heavy atom. The summed E-state index contributed by atoms with van der Waals surface area (Å²) in [7, 11) is -3.43. The van der Waals surface area contributed by atoms with Gasteiger partial charge in [-0.05, 0) is 43.0 Å². The standard InChI is InChI=1S/C14H19BrN2O3S2/c15-12-1-3-13(4-2-12)22(19,20)17-7-5-11(6-8-17)9-16-14(18)10-21/h1-4,11,21H,5-10H2,(H,16,18). The van der Waals surface area contributed by atoms with E-state index >= 15 is 0 Å². The van der Waals surface area contributed by atoms with Gasteiger partial charge in [-0.25, -0.2) is 8.42 Å². The first-order valence-electron chi connectivity index (χ1n) is 7.07. The molecule has 1 saturated heterocycles. The molecule has 0 radical (unpaired) electrons. The van der Waals surface area contributed by atoms with Gasteiger partial charge in [-0.1, -0.05) is 15.9 Å². The maximum Gasteiger partial charge on any atom is 0.243 e. The summed E-state index contributed by atoms with van der Waals surface area (Å²) >= 11 is 7.21. The molecule has 0 atom stereocenters. The molecule has 8 heteroatoms. The predicted molar refractivity (Wildman–Crippen MR) is 92.5 cm³/mol. The Balaban J connectivity index is 1.93. The SMILES string of the molecule is O=C(CS)NCC1CCN(S(=O)(=O)c2ccc(Br)cc2)CC1. The Labute approximate surface area is 145 Å². The number of piperidine rings is 1. The van der Waals surface area contributed by atoms with Crippen molar-refractivity contribution in [2.75, 3.05) is 25.4 Å². The van der Waals surface area contributed by atoms with E-state index in [9.17, 15) is 13.2 Å². The maximum atomic E-state index is 12.5. The van der Waals surface area contributed by atoms with Crippen molar-refractivity contribution in [3.05, 3.63) is 28.7 Å². The highest BCUT2D eigenvalue weighted by Gasteiger charge is 2.29. The van der Waals surface area contributed by atoms with Crippen LogP contribution in [0.5, 0.6) is 0 Å². The zero-order chi connectivity index (χ0) is 16.2. The van der Waals surface area contributed by atoms with Crippen molar-refractivity contribution < 1.29 is 13.2 Å². The molecule has 1 fully saturated rings. The smallest absolute Gasteiger partial charge is 0.243 e. The average molecular weight is 407 g/mol. The van der Waals surface area contributed by atoms with E-state index < -0.39 is 10.0 Å². The van der Waals surface area contributed by atoms with E-state index in [-0.39, 0.29) is 11.7 Å². The average Bonchev–Trinajstić information content (AvgIpc) is 2.53. The van der Waals surface area contributed by atoms with E-state index in [0.717, 1.165) is 17.3 Å². The molecule has 122 valence electrons. The van der Waals surface area contributed by atoms with Gasteiger partial charge in [-0.2, -0.15) is 16.9 Å². The highest BCUT2D eigenvalue weighted by Crippen LogP contribution is 2.24. The Morgan fingerprint density at radius 1 is 1.27 bits per heavy atom. The van der Waals surface area contributed by atoms with E-state index in [1.807, 2.05) is 0 Å². The second-order valence-corrected chi connectivity index (χ2v) is 8.43. The molecular formula is C14H19BrN2O3S2. The van der Waals surface area contributed by atoms with Crippen molar-refractivity contribution in [1.82, 2.24) is 9.62 Å². The van der Waals surface area contributed by atoms with Crippen LogP contribution in [0.25, 0.3) is 0 Å². The molecular weight excluding hydrogens is 388 g/mol. The molecule has 0 bridgehead atoms. The van der Waals surface area contributed by atoms with Crippen molar-refractivity contribution in [3.8, 4) is 0 Å². The van der Waals surface area contributed by atoms with Crippen molar-refractivity contribution >= 4 is 44.5 Å². The first-order chi connectivity index (χ1) is 10.4. The van der Waals surface area contributed by atoms with Gasteiger partial charge < -0.3 is 5.32 Å². The van der Waals surface area contributed by atoms with Gasteiger partial charge in [0.2, 0.25) is 15.9 Å². The fourth-order valence-corrected chi connectivity index (χ4v) is 4.27. The number of hydrogen-bond acceptors (Lipinski definition) is 4. The fraction of sp³-hybridized carbons (Fsp3) is 0.500. The number of nitrogens with zero attached hydrogens (tertiary/aromatic N) is 1. The van der Waals surface area contributed by atoms with Crippen LogP contribution in [0.3, 0.4) is 0 Å². The summed E-state index contributed by atoms with van der Waals surface area (Å²) in [6.45, 7) is 1.56. The van der Waals surface area contributed by atoms with Crippen LogP contribution in [0.4, 0.5) is 0 Å². The first-order valence-corrected chi connectivity index (χ1v) is 9.93. The Kier molecular flexibility index (Phi) is 6.31. The van der Waals surface area contributed by atoms with Crippen LogP contribution >= 0.6 is 28.6 Å². The second kappa shape index (κ2) is 7.81. The summed E-state index contributed by atoms with van der Waals surface area (Å²) in [6.07, 6.45) is 1.51. The van der Waals surface area contributed by atoms with Crippen LogP contribution in [-0.2, 0) is 14.8 Å². The number of thiol groups is 1. The third-order valence-corrected chi connectivity index (χ3v) is 6.49. The van der Waals surface area contributed by atoms with Crippen molar-refractivity contribution in [2.45, 2.75) is 17.7 Å². The van der Waals surface area contributed by atoms with Gasteiger partial charge in [0, 0.05) is 24.1 Å².